The van der Waals surface area contributed by atoms with Crippen LogP contribution in [0.4, 0.5) is 4.79 Å². The van der Waals surface area contributed by atoms with Crippen molar-refractivity contribution in [2.45, 2.75) is 26.8 Å². The van der Waals surface area contributed by atoms with Crippen LogP contribution in [0.25, 0.3) is 0 Å². The highest BCUT2D eigenvalue weighted by molar-refractivity contribution is 5.74. The lowest BCUT2D eigenvalue weighted by Crippen LogP contribution is -2.51. The Morgan fingerprint density at radius 3 is 2.67 bits per heavy atom. The van der Waals surface area contributed by atoms with Gasteiger partial charge >= 0.3 is 6.03 Å². The number of nitrogens with one attached hydrogen (secondary N) is 1. The van der Waals surface area contributed by atoms with Crippen molar-refractivity contribution in [1.29, 1.82) is 0 Å². The van der Waals surface area contributed by atoms with E-state index in [1.807, 2.05) is 23.1 Å². The van der Waals surface area contributed by atoms with Crippen LogP contribution in [-0.2, 0) is 6.54 Å². The standard InChI is InChI=1S/C18H27N3O3/c1-14(2)5-6-20-7-9-21(10-8-20)18(22)19-12-15-3-4-16-17(11-15)24-13-23-16/h3-4,11,14H,5-10,12-13H2,1-2H3,(H,19,22). The molecule has 0 aliphatic carbocycles. The van der Waals surface area contributed by atoms with E-state index in [9.17, 15) is 4.79 Å². The lowest BCUT2D eigenvalue weighted by atomic mass is 10.1. The van der Waals surface area contributed by atoms with Crippen LogP contribution in [0.1, 0.15) is 25.8 Å². The number of nitrogens with zero attached hydrogens (tertiary/aromatic N) is 2. The normalized spacial score (nSPS) is 17.4. The largest absolute Gasteiger partial charge is 0.454 e. The van der Waals surface area contributed by atoms with Crippen LogP contribution in [0.3, 0.4) is 0 Å². The van der Waals surface area contributed by atoms with Crippen molar-refractivity contribution in [2.24, 2.45) is 5.92 Å². The number of hydrogen-bond acceptors (Lipinski definition) is 4. The summed E-state index contributed by atoms with van der Waals surface area (Å²) in [6.07, 6.45) is 1.22. The highest BCUT2D eigenvalue weighted by Crippen LogP contribution is 2.32. The van der Waals surface area contributed by atoms with Gasteiger partial charge in [-0.2, -0.15) is 0 Å². The molecular formula is C18H27N3O3. The molecule has 2 aliphatic heterocycles. The van der Waals surface area contributed by atoms with E-state index >= 15 is 0 Å². The number of ether oxygens (including phenoxy) is 2. The summed E-state index contributed by atoms with van der Waals surface area (Å²) in [5.41, 5.74) is 1.02. The monoisotopic (exact) mass is 333 g/mol. The molecule has 0 unspecified atom stereocenters. The number of fused-ring (bicyclic) bond motifs is 1. The van der Waals surface area contributed by atoms with Gasteiger partial charge in [0.25, 0.3) is 0 Å². The van der Waals surface area contributed by atoms with Crippen molar-refractivity contribution in [3.05, 3.63) is 23.8 Å². The number of piperazine rings is 1. The van der Waals surface area contributed by atoms with Crippen molar-refractivity contribution < 1.29 is 14.3 Å². The van der Waals surface area contributed by atoms with Crippen molar-refractivity contribution in [2.75, 3.05) is 39.5 Å². The van der Waals surface area contributed by atoms with Gasteiger partial charge in [-0.15, -0.1) is 0 Å². The van der Waals surface area contributed by atoms with E-state index in [2.05, 4.69) is 24.1 Å². The van der Waals surface area contributed by atoms with Gasteiger partial charge in [0.2, 0.25) is 6.79 Å². The van der Waals surface area contributed by atoms with E-state index in [1.54, 1.807) is 0 Å². The molecule has 6 nitrogen and oxygen atoms in total. The predicted octanol–water partition coefficient (Wildman–Crippen LogP) is 2.29. The Bertz CT molecular complexity index is 569. The maximum absolute atomic E-state index is 12.3. The third-order valence-electron chi connectivity index (χ3n) is 4.56. The van der Waals surface area contributed by atoms with Crippen molar-refractivity contribution in [3.63, 3.8) is 0 Å². The number of urea groups is 1. The Balaban J connectivity index is 1.41. The molecule has 0 radical (unpaired) electrons. The molecule has 1 aromatic carbocycles. The van der Waals surface area contributed by atoms with E-state index in [-0.39, 0.29) is 12.8 Å². The molecular weight excluding hydrogens is 306 g/mol. The van der Waals surface area contributed by atoms with Crippen LogP contribution in [0.2, 0.25) is 0 Å². The zero-order valence-corrected chi connectivity index (χ0v) is 14.6. The van der Waals surface area contributed by atoms with Crippen LogP contribution in [0.15, 0.2) is 18.2 Å². The smallest absolute Gasteiger partial charge is 0.317 e. The molecule has 6 heteroatoms. The number of hydrogen-bond donors (Lipinski definition) is 1. The molecule has 0 atom stereocenters. The van der Waals surface area contributed by atoms with Crippen molar-refractivity contribution in [3.8, 4) is 11.5 Å². The fraction of sp³-hybridized carbons (Fsp3) is 0.611. The zero-order valence-electron chi connectivity index (χ0n) is 14.6. The Morgan fingerprint density at radius 2 is 1.92 bits per heavy atom. The summed E-state index contributed by atoms with van der Waals surface area (Å²) in [5.74, 6) is 2.25. The Hall–Kier alpha value is -1.95. The molecule has 0 spiro atoms. The van der Waals surface area contributed by atoms with Crippen molar-refractivity contribution >= 4 is 6.03 Å². The molecule has 3 rings (SSSR count). The number of amides is 2. The summed E-state index contributed by atoms with van der Waals surface area (Å²) in [7, 11) is 0. The first-order valence-corrected chi connectivity index (χ1v) is 8.75. The second kappa shape index (κ2) is 7.75. The molecule has 1 aromatic rings. The summed E-state index contributed by atoms with van der Waals surface area (Å²) < 4.78 is 10.7. The van der Waals surface area contributed by atoms with Crippen LogP contribution in [0.5, 0.6) is 11.5 Å². The molecule has 0 bridgehead atoms. The van der Waals surface area contributed by atoms with E-state index < -0.39 is 0 Å². The third kappa shape index (κ3) is 4.32. The van der Waals surface area contributed by atoms with Crippen molar-refractivity contribution in [1.82, 2.24) is 15.1 Å². The average Bonchev–Trinajstić information content (AvgIpc) is 3.06. The van der Waals surface area contributed by atoms with Gasteiger partial charge < -0.3 is 19.7 Å². The van der Waals surface area contributed by atoms with Crippen LogP contribution >= 0.6 is 0 Å². The topological polar surface area (TPSA) is 54.0 Å². The molecule has 1 N–H and O–H groups in total. The van der Waals surface area contributed by atoms with E-state index in [0.717, 1.165) is 55.7 Å². The van der Waals surface area contributed by atoms with E-state index in [1.165, 1.54) is 6.42 Å². The first-order valence-electron chi connectivity index (χ1n) is 8.75. The summed E-state index contributed by atoms with van der Waals surface area (Å²) >= 11 is 0. The molecule has 132 valence electrons. The number of carbonyl (C=O) groups is 1. The van der Waals surface area contributed by atoms with Gasteiger partial charge in [0, 0.05) is 32.7 Å². The summed E-state index contributed by atoms with van der Waals surface area (Å²) in [6.45, 7) is 9.92. The lowest BCUT2D eigenvalue weighted by Gasteiger charge is -2.35. The van der Waals surface area contributed by atoms with Gasteiger partial charge in [-0.25, -0.2) is 4.79 Å². The molecule has 2 aliphatic rings. The highest BCUT2D eigenvalue weighted by Gasteiger charge is 2.21. The van der Waals surface area contributed by atoms with Crippen LogP contribution < -0.4 is 14.8 Å². The first kappa shape index (κ1) is 16.9. The Kier molecular flexibility index (Phi) is 5.45. The molecule has 2 heterocycles. The van der Waals surface area contributed by atoms with E-state index in [0.29, 0.717) is 6.54 Å². The highest BCUT2D eigenvalue weighted by atomic mass is 16.7. The average molecular weight is 333 g/mol. The molecule has 0 saturated carbocycles. The third-order valence-corrected chi connectivity index (χ3v) is 4.56. The summed E-state index contributed by atoms with van der Waals surface area (Å²) in [4.78, 5) is 16.7. The maximum Gasteiger partial charge on any atom is 0.317 e. The SMILES string of the molecule is CC(C)CCN1CCN(C(=O)NCc2ccc3c(c2)OCO3)CC1. The molecule has 0 aromatic heterocycles. The second-order valence-corrected chi connectivity index (χ2v) is 6.86. The zero-order chi connectivity index (χ0) is 16.9. The van der Waals surface area contributed by atoms with Gasteiger partial charge in [0.15, 0.2) is 11.5 Å². The number of carbonyl (C=O) groups excluding carboxylic acids is 1. The molecule has 24 heavy (non-hydrogen) atoms. The van der Waals surface area contributed by atoms with Gasteiger partial charge in [-0.05, 0) is 36.6 Å². The van der Waals surface area contributed by atoms with Crippen LogP contribution in [0, 0.1) is 5.92 Å². The van der Waals surface area contributed by atoms with E-state index in [4.69, 9.17) is 9.47 Å². The fourth-order valence-electron chi connectivity index (χ4n) is 2.96. The van der Waals surface area contributed by atoms with Gasteiger partial charge in [0.05, 0.1) is 0 Å². The second-order valence-electron chi connectivity index (χ2n) is 6.86. The van der Waals surface area contributed by atoms with Gasteiger partial charge in [-0.3, -0.25) is 4.90 Å². The Labute approximate surface area is 143 Å². The first-order chi connectivity index (χ1) is 11.6. The minimum atomic E-state index is 0.0103. The quantitative estimate of drug-likeness (QED) is 0.898. The van der Waals surface area contributed by atoms with Gasteiger partial charge in [-0.1, -0.05) is 19.9 Å². The molecule has 2 amide bonds. The summed E-state index contributed by atoms with van der Waals surface area (Å²) in [6, 6.07) is 5.78. The minimum absolute atomic E-state index is 0.0103. The molecule has 1 fully saturated rings. The maximum atomic E-state index is 12.3. The lowest BCUT2D eigenvalue weighted by molar-refractivity contribution is 0.135. The Morgan fingerprint density at radius 1 is 1.17 bits per heavy atom. The molecule has 1 saturated heterocycles. The van der Waals surface area contributed by atoms with Crippen LogP contribution in [-0.4, -0.2) is 55.3 Å². The number of benzene rings is 1. The summed E-state index contributed by atoms with van der Waals surface area (Å²) in [5, 5.41) is 3.00. The number of rotatable bonds is 5. The predicted molar refractivity (Wildman–Crippen MR) is 92.3 cm³/mol. The fourth-order valence-corrected chi connectivity index (χ4v) is 2.96. The minimum Gasteiger partial charge on any atom is -0.454 e. The van der Waals surface area contributed by atoms with Gasteiger partial charge in [0.1, 0.15) is 0 Å².